The van der Waals surface area contributed by atoms with Crippen LogP contribution in [0.5, 0.6) is 0 Å². The van der Waals surface area contributed by atoms with Gasteiger partial charge in [-0.25, -0.2) is 4.98 Å². The molecule has 0 radical (unpaired) electrons. The molecule has 6 heteroatoms. The molecular formula is C9H8BrN5. The Morgan fingerprint density at radius 3 is 3.27 bits per heavy atom. The fourth-order valence-electron chi connectivity index (χ4n) is 1.82. The minimum Gasteiger partial charge on any atom is -0.369 e. The van der Waals surface area contributed by atoms with Crippen molar-refractivity contribution in [2.75, 3.05) is 11.9 Å². The van der Waals surface area contributed by atoms with Crippen molar-refractivity contribution in [1.82, 2.24) is 14.5 Å². The van der Waals surface area contributed by atoms with E-state index in [0.717, 1.165) is 34.8 Å². The summed E-state index contributed by atoms with van der Waals surface area (Å²) in [6.45, 7) is 1.77. The Balaban J connectivity index is 2.44. The van der Waals surface area contributed by atoms with Gasteiger partial charge in [-0.2, -0.15) is 4.98 Å². The van der Waals surface area contributed by atoms with E-state index >= 15 is 0 Å². The molecule has 3 rings (SSSR count). The van der Waals surface area contributed by atoms with E-state index in [0.29, 0.717) is 0 Å². The Morgan fingerprint density at radius 2 is 2.40 bits per heavy atom. The van der Waals surface area contributed by atoms with E-state index in [1.807, 2.05) is 6.07 Å². The Labute approximate surface area is 94.2 Å². The van der Waals surface area contributed by atoms with Crippen molar-refractivity contribution in [3.8, 4) is 11.4 Å². The summed E-state index contributed by atoms with van der Waals surface area (Å²) >= 11 is 3.50. The van der Waals surface area contributed by atoms with Crippen molar-refractivity contribution >= 4 is 21.7 Å². The van der Waals surface area contributed by atoms with Gasteiger partial charge < -0.3 is 9.88 Å². The molecule has 3 aliphatic heterocycles. The van der Waals surface area contributed by atoms with Crippen molar-refractivity contribution in [3.63, 3.8) is 0 Å². The first-order valence-electron chi connectivity index (χ1n) is 4.60. The largest absolute Gasteiger partial charge is 0.369 e. The maximum absolute atomic E-state index is 7.43. The van der Waals surface area contributed by atoms with Gasteiger partial charge in [0, 0.05) is 24.8 Å². The number of hydrogen-bond acceptors (Lipinski definition) is 4. The Morgan fingerprint density at radius 1 is 1.53 bits per heavy atom. The molecule has 3 aliphatic rings. The lowest BCUT2D eigenvalue weighted by Gasteiger charge is -2.13. The second-order valence-electron chi connectivity index (χ2n) is 3.39. The van der Waals surface area contributed by atoms with Crippen molar-refractivity contribution < 1.29 is 0 Å². The molecule has 0 aromatic heterocycles. The van der Waals surface area contributed by atoms with Gasteiger partial charge in [0.25, 0.3) is 0 Å². The van der Waals surface area contributed by atoms with Crippen LogP contribution in [0.3, 0.4) is 0 Å². The van der Waals surface area contributed by atoms with Gasteiger partial charge in [0.05, 0.1) is 4.47 Å². The molecule has 0 spiro atoms. The summed E-state index contributed by atoms with van der Waals surface area (Å²) in [6.07, 6.45) is 1.68. The van der Waals surface area contributed by atoms with Crippen LogP contribution in [0.15, 0.2) is 16.7 Å². The molecular weight excluding hydrogens is 258 g/mol. The van der Waals surface area contributed by atoms with Gasteiger partial charge in [0.2, 0.25) is 5.62 Å². The average Bonchev–Trinajstić information content (AvgIpc) is 2.69. The Hall–Kier alpha value is -1.43. The summed E-state index contributed by atoms with van der Waals surface area (Å²) in [6, 6.07) is 1.97. The summed E-state index contributed by atoms with van der Waals surface area (Å²) in [5.41, 5.74) is 1.01. The standard InChI is InChI=1S/C9H8BrN5/c10-6-3-5-4-13-9(11)14-7(5)15-2-1-12-8(6)15/h3-4,11-12H,1-2H2. The van der Waals surface area contributed by atoms with Crippen molar-refractivity contribution in [2.24, 2.45) is 0 Å². The molecule has 0 atom stereocenters. The fourth-order valence-corrected chi connectivity index (χ4v) is 2.42. The Kier molecular flexibility index (Phi) is 1.79. The highest BCUT2D eigenvalue weighted by Crippen LogP contribution is 2.32. The molecule has 0 amide bonds. The smallest absolute Gasteiger partial charge is 0.243 e. The zero-order valence-electron chi connectivity index (χ0n) is 7.79. The number of nitrogens with zero attached hydrogens (tertiary/aromatic N) is 3. The van der Waals surface area contributed by atoms with Crippen LogP contribution < -0.4 is 10.9 Å². The third-order valence-electron chi connectivity index (χ3n) is 2.46. The number of nitrogens with one attached hydrogen (secondary N) is 2. The molecule has 0 unspecified atom stereocenters. The SMILES string of the molecule is N=c1ncc2cc(Br)c3n(c-2n1)CCN3. The molecule has 0 saturated carbocycles. The van der Waals surface area contributed by atoms with Crippen molar-refractivity contribution in [2.45, 2.75) is 6.54 Å². The van der Waals surface area contributed by atoms with E-state index in [1.165, 1.54) is 0 Å². The minimum atomic E-state index is 0.0615. The van der Waals surface area contributed by atoms with E-state index < -0.39 is 0 Å². The van der Waals surface area contributed by atoms with Crippen LogP contribution in [-0.4, -0.2) is 21.1 Å². The number of halogens is 1. The minimum absolute atomic E-state index is 0.0615. The summed E-state index contributed by atoms with van der Waals surface area (Å²) < 4.78 is 3.08. The maximum atomic E-state index is 7.43. The highest BCUT2D eigenvalue weighted by molar-refractivity contribution is 9.10. The number of rotatable bonds is 0. The fraction of sp³-hybridized carbons (Fsp3) is 0.222. The molecule has 0 aromatic rings. The summed E-state index contributed by atoms with van der Waals surface area (Å²) in [4.78, 5) is 8.02. The molecule has 5 nitrogen and oxygen atoms in total. The first-order valence-corrected chi connectivity index (χ1v) is 5.39. The van der Waals surface area contributed by atoms with Crippen LogP contribution in [0.2, 0.25) is 0 Å². The molecule has 0 aliphatic carbocycles. The van der Waals surface area contributed by atoms with Crippen LogP contribution in [0.25, 0.3) is 11.4 Å². The van der Waals surface area contributed by atoms with Gasteiger partial charge in [-0.3, -0.25) is 5.41 Å². The van der Waals surface area contributed by atoms with Gasteiger partial charge in [-0.15, -0.1) is 0 Å². The first-order chi connectivity index (χ1) is 7.25. The van der Waals surface area contributed by atoms with Crippen LogP contribution in [-0.2, 0) is 6.54 Å². The zero-order valence-corrected chi connectivity index (χ0v) is 9.37. The third kappa shape index (κ3) is 1.25. The van der Waals surface area contributed by atoms with Gasteiger partial charge in [0.1, 0.15) is 11.6 Å². The lowest BCUT2D eigenvalue weighted by molar-refractivity contribution is 0.775. The highest BCUT2D eigenvalue weighted by Gasteiger charge is 2.19. The number of aromatic nitrogens is 3. The monoisotopic (exact) mass is 265 g/mol. The molecule has 15 heavy (non-hydrogen) atoms. The highest BCUT2D eigenvalue weighted by atomic mass is 79.9. The van der Waals surface area contributed by atoms with Crippen molar-refractivity contribution in [3.05, 3.63) is 22.4 Å². The molecule has 0 saturated heterocycles. The lowest BCUT2D eigenvalue weighted by atomic mass is 10.2. The predicted octanol–water partition coefficient (Wildman–Crippen LogP) is 1.05. The molecule has 76 valence electrons. The zero-order chi connectivity index (χ0) is 10.4. The normalized spacial score (nSPS) is 13.9. The van der Waals surface area contributed by atoms with Crippen molar-refractivity contribution in [1.29, 1.82) is 5.41 Å². The van der Waals surface area contributed by atoms with Crippen LogP contribution in [0, 0.1) is 5.41 Å². The second-order valence-corrected chi connectivity index (χ2v) is 4.25. The third-order valence-corrected chi connectivity index (χ3v) is 3.06. The van der Waals surface area contributed by atoms with Gasteiger partial charge >= 0.3 is 0 Å². The molecule has 0 aromatic carbocycles. The number of anilines is 1. The van der Waals surface area contributed by atoms with E-state index in [9.17, 15) is 0 Å². The first kappa shape index (κ1) is 8.84. The average molecular weight is 266 g/mol. The van der Waals surface area contributed by atoms with E-state index in [-0.39, 0.29) is 5.62 Å². The van der Waals surface area contributed by atoms with E-state index in [2.05, 4.69) is 35.8 Å². The topological polar surface area (TPSA) is 66.6 Å². The molecule has 0 bridgehead atoms. The summed E-state index contributed by atoms with van der Waals surface area (Å²) in [5, 5.41) is 10.7. The van der Waals surface area contributed by atoms with Gasteiger partial charge in [-0.1, -0.05) is 0 Å². The predicted molar refractivity (Wildman–Crippen MR) is 58.7 cm³/mol. The summed E-state index contributed by atoms with van der Waals surface area (Å²) in [7, 11) is 0. The second kappa shape index (κ2) is 3.03. The van der Waals surface area contributed by atoms with Gasteiger partial charge in [-0.05, 0) is 22.0 Å². The van der Waals surface area contributed by atoms with Crippen LogP contribution >= 0.6 is 15.9 Å². The molecule has 2 N–H and O–H groups in total. The summed E-state index contributed by atoms with van der Waals surface area (Å²) in [5.74, 6) is 1.85. The van der Waals surface area contributed by atoms with E-state index in [1.54, 1.807) is 6.20 Å². The van der Waals surface area contributed by atoms with Crippen LogP contribution in [0.1, 0.15) is 0 Å². The van der Waals surface area contributed by atoms with Crippen LogP contribution in [0.4, 0.5) is 5.82 Å². The maximum Gasteiger partial charge on any atom is 0.243 e. The van der Waals surface area contributed by atoms with Gasteiger partial charge in [0.15, 0.2) is 0 Å². The number of hydrogen-bond donors (Lipinski definition) is 2. The number of pyridine rings is 1. The quantitative estimate of drug-likeness (QED) is 0.749. The lowest BCUT2D eigenvalue weighted by Crippen LogP contribution is -2.15. The molecule has 0 fully saturated rings. The van der Waals surface area contributed by atoms with E-state index in [4.69, 9.17) is 5.41 Å². The molecule has 3 heterocycles. The number of fused-ring (bicyclic) bond motifs is 3. The Bertz CT molecular complexity index is 561.